The van der Waals surface area contributed by atoms with Gasteiger partial charge in [-0.1, -0.05) is 32.4 Å². The number of benzene rings is 1. The number of nitrogens with one attached hydrogen (secondary N) is 4. The molecule has 6 nitrogen and oxygen atoms in total. The minimum absolute atomic E-state index is 0. The van der Waals surface area contributed by atoms with Crippen molar-refractivity contribution in [2.45, 2.75) is 39.3 Å². The first-order chi connectivity index (χ1) is 11.6. The van der Waals surface area contributed by atoms with Crippen LogP contribution in [0.2, 0.25) is 0 Å². The summed E-state index contributed by atoms with van der Waals surface area (Å²) in [7, 11) is 0. The Morgan fingerprint density at radius 3 is 2.36 bits per heavy atom. The van der Waals surface area contributed by atoms with E-state index in [9.17, 15) is 14.0 Å². The molecule has 1 aromatic carbocycles. The van der Waals surface area contributed by atoms with Crippen molar-refractivity contribution >= 4 is 24.3 Å². The van der Waals surface area contributed by atoms with Crippen molar-refractivity contribution in [1.29, 1.82) is 0 Å². The van der Waals surface area contributed by atoms with Crippen molar-refractivity contribution in [2.24, 2.45) is 0 Å². The maximum atomic E-state index is 12.8. The number of halogens is 2. The topological polar surface area (TPSA) is 82.3 Å². The van der Waals surface area contributed by atoms with Crippen LogP contribution in [-0.4, -0.2) is 37.6 Å². The van der Waals surface area contributed by atoms with Gasteiger partial charge in [0, 0.05) is 19.6 Å². The Bertz CT molecular complexity index is 514. The molecular formula is C17H28ClFN4O2. The van der Waals surface area contributed by atoms with E-state index in [4.69, 9.17) is 0 Å². The zero-order chi connectivity index (χ0) is 17.8. The van der Waals surface area contributed by atoms with Crippen LogP contribution in [0.1, 0.15) is 32.3 Å². The zero-order valence-corrected chi connectivity index (χ0v) is 15.5. The lowest BCUT2D eigenvalue weighted by Gasteiger charge is -2.18. The van der Waals surface area contributed by atoms with E-state index in [0.717, 1.165) is 18.5 Å². The molecular weight excluding hydrogens is 347 g/mol. The summed E-state index contributed by atoms with van der Waals surface area (Å²) in [6.45, 7) is 6.28. The second-order valence-corrected chi connectivity index (χ2v) is 5.44. The Balaban J connectivity index is 0.00000576. The van der Waals surface area contributed by atoms with Gasteiger partial charge in [0.2, 0.25) is 5.91 Å². The Kier molecular flexibility index (Phi) is 12.4. The maximum absolute atomic E-state index is 12.8. The van der Waals surface area contributed by atoms with Crippen molar-refractivity contribution in [3.8, 4) is 0 Å². The molecule has 1 rings (SSSR count). The van der Waals surface area contributed by atoms with Gasteiger partial charge in [-0.3, -0.25) is 4.79 Å². The molecule has 8 heteroatoms. The lowest BCUT2D eigenvalue weighted by molar-refractivity contribution is -0.123. The fourth-order valence-corrected chi connectivity index (χ4v) is 2.13. The van der Waals surface area contributed by atoms with E-state index < -0.39 is 12.1 Å². The highest BCUT2D eigenvalue weighted by Gasteiger charge is 2.19. The van der Waals surface area contributed by atoms with E-state index in [2.05, 4.69) is 21.3 Å². The second-order valence-electron chi connectivity index (χ2n) is 5.44. The average Bonchev–Trinajstić information content (AvgIpc) is 2.57. The van der Waals surface area contributed by atoms with Crippen LogP contribution in [0.25, 0.3) is 0 Å². The van der Waals surface area contributed by atoms with Gasteiger partial charge in [-0.2, -0.15) is 0 Å². The quantitative estimate of drug-likeness (QED) is 0.472. The summed E-state index contributed by atoms with van der Waals surface area (Å²) in [5.74, 6) is -0.507. The summed E-state index contributed by atoms with van der Waals surface area (Å²) in [6, 6.07) is 4.91. The molecule has 0 heterocycles. The number of amides is 3. The van der Waals surface area contributed by atoms with Crippen LogP contribution in [-0.2, 0) is 11.3 Å². The second kappa shape index (κ2) is 13.4. The first-order valence-corrected chi connectivity index (χ1v) is 8.34. The fraction of sp³-hybridized carbons (Fsp3) is 0.529. The number of hydrogen-bond donors (Lipinski definition) is 4. The first kappa shape index (κ1) is 23.1. The van der Waals surface area contributed by atoms with Gasteiger partial charge in [-0.15, -0.1) is 12.4 Å². The molecule has 25 heavy (non-hydrogen) atoms. The van der Waals surface area contributed by atoms with Gasteiger partial charge < -0.3 is 21.3 Å². The molecule has 1 aromatic rings. The van der Waals surface area contributed by atoms with Crippen LogP contribution in [0.5, 0.6) is 0 Å². The lowest BCUT2D eigenvalue weighted by Crippen LogP contribution is -2.50. The third kappa shape index (κ3) is 9.89. The molecule has 0 fully saturated rings. The summed E-state index contributed by atoms with van der Waals surface area (Å²) in [6.07, 6.45) is 1.35. The normalized spacial score (nSPS) is 11.2. The van der Waals surface area contributed by atoms with E-state index in [0.29, 0.717) is 19.5 Å². The van der Waals surface area contributed by atoms with Gasteiger partial charge in [0.1, 0.15) is 11.9 Å². The molecule has 0 saturated heterocycles. The minimum Gasteiger partial charge on any atom is -0.353 e. The molecule has 0 aliphatic carbocycles. The fourth-order valence-electron chi connectivity index (χ4n) is 2.13. The van der Waals surface area contributed by atoms with Crippen molar-refractivity contribution in [3.05, 3.63) is 35.6 Å². The smallest absolute Gasteiger partial charge is 0.315 e. The lowest BCUT2D eigenvalue weighted by atomic mass is 10.1. The van der Waals surface area contributed by atoms with Crippen molar-refractivity contribution in [2.75, 3.05) is 19.6 Å². The predicted octanol–water partition coefficient (Wildman–Crippen LogP) is 1.94. The molecule has 0 spiro atoms. The van der Waals surface area contributed by atoms with Crippen LogP contribution < -0.4 is 21.3 Å². The van der Waals surface area contributed by atoms with E-state index in [1.807, 2.05) is 13.8 Å². The molecule has 1 atom stereocenters. The molecule has 0 aliphatic rings. The van der Waals surface area contributed by atoms with Crippen LogP contribution >= 0.6 is 12.4 Å². The molecule has 4 N–H and O–H groups in total. The number of urea groups is 1. The van der Waals surface area contributed by atoms with Crippen molar-refractivity contribution in [3.63, 3.8) is 0 Å². The first-order valence-electron chi connectivity index (χ1n) is 8.34. The van der Waals surface area contributed by atoms with Crippen molar-refractivity contribution in [1.82, 2.24) is 21.3 Å². The van der Waals surface area contributed by atoms with Gasteiger partial charge >= 0.3 is 6.03 Å². The molecule has 0 aromatic heterocycles. The Morgan fingerprint density at radius 2 is 1.76 bits per heavy atom. The van der Waals surface area contributed by atoms with Crippen LogP contribution in [0.3, 0.4) is 0 Å². The van der Waals surface area contributed by atoms with Gasteiger partial charge in [-0.25, -0.2) is 9.18 Å². The maximum Gasteiger partial charge on any atom is 0.315 e. The van der Waals surface area contributed by atoms with Gasteiger partial charge in [-0.05, 0) is 30.7 Å². The zero-order valence-electron chi connectivity index (χ0n) is 14.7. The molecule has 0 aliphatic heterocycles. The van der Waals surface area contributed by atoms with E-state index in [1.54, 1.807) is 12.1 Å². The Labute approximate surface area is 154 Å². The minimum atomic E-state index is -0.565. The third-order valence-electron chi connectivity index (χ3n) is 3.42. The van der Waals surface area contributed by atoms with E-state index in [-0.39, 0.29) is 30.7 Å². The molecule has 1 unspecified atom stereocenters. The highest BCUT2D eigenvalue weighted by molar-refractivity contribution is 5.87. The van der Waals surface area contributed by atoms with E-state index in [1.165, 1.54) is 12.1 Å². The summed E-state index contributed by atoms with van der Waals surface area (Å²) >= 11 is 0. The summed E-state index contributed by atoms with van der Waals surface area (Å²) < 4.78 is 12.8. The number of rotatable bonds is 10. The number of likely N-dealkylation sites (N-methyl/N-ethyl adjacent to an activating group) is 1. The number of carbonyl (C=O) groups excluding carboxylic acids is 2. The number of carbonyl (C=O) groups is 2. The highest BCUT2D eigenvalue weighted by Crippen LogP contribution is 2.02. The summed E-state index contributed by atoms with van der Waals surface area (Å²) in [5.41, 5.74) is 0.786. The summed E-state index contributed by atoms with van der Waals surface area (Å²) in [5, 5.41) is 11.3. The standard InChI is InChI=1S/C17H27FN4O2.ClH/c1-3-5-15(16(23)20-11-10-19-4-2)22-17(24)21-12-13-6-8-14(18)9-7-13;/h6-9,15,19H,3-5,10-12H2,1-2H3,(H,20,23)(H2,21,22,24);1H. The van der Waals surface area contributed by atoms with Gasteiger partial charge in [0.05, 0.1) is 0 Å². The summed E-state index contributed by atoms with van der Waals surface area (Å²) in [4.78, 5) is 24.1. The molecule has 0 saturated carbocycles. The monoisotopic (exact) mass is 374 g/mol. The number of hydrogen-bond acceptors (Lipinski definition) is 3. The predicted molar refractivity (Wildman–Crippen MR) is 99.3 cm³/mol. The third-order valence-corrected chi connectivity index (χ3v) is 3.42. The molecule has 0 bridgehead atoms. The SMILES string of the molecule is CCCC(NC(=O)NCc1ccc(F)cc1)C(=O)NCCNCC.Cl. The molecule has 3 amide bonds. The Morgan fingerprint density at radius 1 is 1.08 bits per heavy atom. The highest BCUT2D eigenvalue weighted by atomic mass is 35.5. The van der Waals surface area contributed by atoms with Crippen LogP contribution in [0.4, 0.5) is 9.18 Å². The van der Waals surface area contributed by atoms with Gasteiger partial charge in [0.25, 0.3) is 0 Å². The average molecular weight is 375 g/mol. The van der Waals surface area contributed by atoms with E-state index >= 15 is 0 Å². The molecule has 0 radical (unpaired) electrons. The van der Waals surface area contributed by atoms with Gasteiger partial charge in [0.15, 0.2) is 0 Å². The van der Waals surface area contributed by atoms with Crippen LogP contribution in [0, 0.1) is 5.82 Å². The Hall–Kier alpha value is -1.86. The van der Waals surface area contributed by atoms with Crippen molar-refractivity contribution < 1.29 is 14.0 Å². The molecule has 142 valence electrons. The van der Waals surface area contributed by atoms with Crippen LogP contribution in [0.15, 0.2) is 24.3 Å². The largest absolute Gasteiger partial charge is 0.353 e.